The number of hydrazone groups is 1. The molecule has 1 N–H and O–H groups in total. The third kappa shape index (κ3) is 2.74. The van der Waals surface area contributed by atoms with Gasteiger partial charge in [0.25, 0.3) is 0 Å². The summed E-state index contributed by atoms with van der Waals surface area (Å²) in [5, 5.41) is 9.03. The van der Waals surface area contributed by atoms with Crippen LogP contribution in [0.4, 0.5) is 4.39 Å². The Morgan fingerprint density at radius 1 is 1.59 bits per heavy atom. The first-order valence-corrected chi connectivity index (χ1v) is 5.56. The minimum atomic E-state index is -0.393. The van der Waals surface area contributed by atoms with Crippen molar-refractivity contribution in [2.75, 3.05) is 20.1 Å². The third-order valence-corrected chi connectivity index (χ3v) is 2.65. The van der Waals surface area contributed by atoms with E-state index in [4.69, 9.17) is 11.6 Å². The SMILES string of the molecule is CN(/N=C\c1c(F)cccc1Cl)C1=NCCN1. The normalized spacial score (nSPS) is 14.9. The van der Waals surface area contributed by atoms with Crippen molar-refractivity contribution in [1.82, 2.24) is 10.3 Å². The number of nitrogens with zero attached hydrogens (tertiary/aromatic N) is 3. The molecule has 1 aliphatic heterocycles. The fraction of sp³-hybridized carbons (Fsp3) is 0.273. The lowest BCUT2D eigenvalue weighted by molar-refractivity contribution is 0.530. The number of hydrogen-bond donors (Lipinski definition) is 1. The van der Waals surface area contributed by atoms with Gasteiger partial charge < -0.3 is 5.32 Å². The van der Waals surface area contributed by atoms with E-state index >= 15 is 0 Å². The van der Waals surface area contributed by atoms with Crippen LogP contribution in [0.25, 0.3) is 0 Å². The number of halogens is 2. The van der Waals surface area contributed by atoms with Gasteiger partial charge in [-0.25, -0.2) is 14.4 Å². The van der Waals surface area contributed by atoms with Gasteiger partial charge in [-0.15, -0.1) is 0 Å². The summed E-state index contributed by atoms with van der Waals surface area (Å²) in [5.74, 6) is 0.282. The van der Waals surface area contributed by atoms with Crippen LogP contribution in [-0.2, 0) is 0 Å². The molecule has 0 amide bonds. The molecule has 0 aliphatic carbocycles. The summed E-state index contributed by atoms with van der Waals surface area (Å²) in [6, 6.07) is 4.53. The highest BCUT2D eigenvalue weighted by atomic mass is 35.5. The molecule has 0 saturated heterocycles. The van der Waals surface area contributed by atoms with Gasteiger partial charge in [0.05, 0.1) is 17.8 Å². The Hall–Kier alpha value is -1.62. The lowest BCUT2D eigenvalue weighted by Crippen LogP contribution is -2.32. The molecule has 0 atom stereocenters. The van der Waals surface area contributed by atoms with Crippen molar-refractivity contribution in [2.24, 2.45) is 10.1 Å². The van der Waals surface area contributed by atoms with Crippen molar-refractivity contribution >= 4 is 23.8 Å². The predicted molar refractivity (Wildman–Crippen MR) is 67.1 cm³/mol. The van der Waals surface area contributed by atoms with Gasteiger partial charge >= 0.3 is 0 Å². The van der Waals surface area contributed by atoms with Crippen molar-refractivity contribution in [1.29, 1.82) is 0 Å². The first kappa shape index (κ1) is 11.9. The minimum absolute atomic E-state index is 0.277. The van der Waals surface area contributed by atoms with Gasteiger partial charge in [0.1, 0.15) is 5.82 Å². The maximum atomic E-state index is 13.4. The molecule has 17 heavy (non-hydrogen) atoms. The van der Waals surface area contributed by atoms with E-state index in [0.29, 0.717) is 11.0 Å². The van der Waals surface area contributed by atoms with E-state index in [1.54, 1.807) is 24.2 Å². The molecule has 0 spiro atoms. The maximum Gasteiger partial charge on any atom is 0.214 e. The molecule has 0 saturated carbocycles. The monoisotopic (exact) mass is 254 g/mol. The van der Waals surface area contributed by atoms with Crippen molar-refractivity contribution in [2.45, 2.75) is 0 Å². The van der Waals surface area contributed by atoms with E-state index < -0.39 is 5.82 Å². The molecule has 0 aromatic heterocycles. The molecule has 1 aliphatic rings. The smallest absolute Gasteiger partial charge is 0.214 e. The number of rotatable bonds is 2. The Morgan fingerprint density at radius 3 is 3.06 bits per heavy atom. The predicted octanol–water partition coefficient (Wildman–Crippen LogP) is 1.70. The average Bonchev–Trinajstić information content (AvgIpc) is 2.81. The van der Waals surface area contributed by atoms with Crippen LogP contribution < -0.4 is 5.32 Å². The van der Waals surface area contributed by atoms with Gasteiger partial charge in [-0.2, -0.15) is 5.10 Å². The summed E-state index contributed by atoms with van der Waals surface area (Å²) < 4.78 is 13.4. The molecule has 0 bridgehead atoms. The summed E-state index contributed by atoms with van der Waals surface area (Å²) in [6.07, 6.45) is 1.39. The standard InChI is InChI=1S/C11H12ClFN4/c1-17(11-14-5-6-15-11)16-7-8-9(12)3-2-4-10(8)13/h2-4,7H,5-6H2,1H3,(H,14,15)/b16-7-. The molecule has 1 heterocycles. The van der Waals surface area contributed by atoms with E-state index in [1.165, 1.54) is 12.3 Å². The molecule has 0 fully saturated rings. The summed E-state index contributed by atoms with van der Waals surface area (Å²) in [4.78, 5) is 4.18. The van der Waals surface area contributed by atoms with Crippen molar-refractivity contribution in [3.63, 3.8) is 0 Å². The molecule has 0 radical (unpaired) electrons. The number of hydrogen-bond acceptors (Lipinski definition) is 4. The Morgan fingerprint density at radius 2 is 2.41 bits per heavy atom. The molecule has 4 nitrogen and oxygen atoms in total. The summed E-state index contributed by atoms with van der Waals surface area (Å²) >= 11 is 5.88. The fourth-order valence-electron chi connectivity index (χ4n) is 1.44. The van der Waals surface area contributed by atoms with Crippen LogP contribution in [0, 0.1) is 5.82 Å². The zero-order valence-corrected chi connectivity index (χ0v) is 10.1. The van der Waals surface area contributed by atoms with E-state index in [1.807, 2.05) is 0 Å². The second-order valence-corrected chi connectivity index (χ2v) is 3.94. The zero-order chi connectivity index (χ0) is 12.3. The minimum Gasteiger partial charge on any atom is -0.353 e. The molecule has 6 heteroatoms. The molecule has 2 rings (SSSR count). The topological polar surface area (TPSA) is 40.0 Å². The first-order chi connectivity index (χ1) is 8.18. The van der Waals surface area contributed by atoms with Crippen LogP contribution in [0.15, 0.2) is 28.3 Å². The number of nitrogens with one attached hydrogen (secondary N) is 1. The Kier molecular flexibility index (Phi) is 3.58. The van der Waals surface area contributed by atoms with Gasteiger partial charge in [0, 0.05) is 19.2 Å². The van der Waals surface area contributed by atoms with Gasteiger partial charge in [0.15, 0.2) is 0 Å². The second kappa shape index (κ2) is 5.14. The number of aliphatic imine (C=N–C) groups is 1. The van der Waals surface area contributed by atoms with E-state index in [9.17, 15) is 4.39 Å². The van der Waals surface area contributed by atoms with E-state index in [-0.39, 0.29) is 5.56 Å². The third-order valence-electron chi connectivity index (χ3n) is 2.32. The molecular formula is C11H12ClFN4. The van der Waals surface area contributed by atoms with Crippen LogP contribution in [0.1, 0.15) is 5.56 Å². The quantitative estimate of drug-likeness (QED) is 0.645. The Labute approximate surface area is 104 Å². The molecule has 1 aromatic rings. The Bertz CT molecular complexity index is 452. The highest BCUT2D eigenvalue weighted by Crippen LogP contribution is 2.16. The van der Waals surface area contributed by atoms with Gasteiger partial charge in [-0.3, -0.25) is 0 Å². The van der Waals surface area contributed by atoms with Gasteiger partial charge in [0.2, 0.25) is 5.96 Å². The molecular weight excluding hydrogens is 243 g/mol. The largest absolute Gasteiger partial charge is 0.353 e. The van der Waals surface area contributed by atoms with Crippen LogP contribution >= 0.6 is 11.6 Å². The van der Waals surface area contributed by atoms with Crippen molar-refractivity contribution in [3.05, 3.63) is 34.6 Å². The molecule has 90 valence electrons. The fourth-order valence-corrected chi connectivity index (χ4v) is 1.65. The van der Waals surface area contributed by atoms with Crippen LogP contribution in [0.2, 0.25) is 5.02 Å². The number of guanidine groups is 1. The van der Waals surface area contributed by atoms with Gasteiger partial charge in [-0.05, 0) is 12.1 Å². The first-order valence-electron chi connectivity index (χ1n) is 5.18. The molecule has 1 aromatic carbocycles. The number of benzene rings is 1. The van der Waals surface area contributed by atoms with Crippen LogP contribution in [0.3, 0.4) is 0 Å². The lowest BCUT2D eigenvalue weighted by Gasteiger charge is -2.12. The van der Waals surface area contributed by atoms with Crippen molar-refractivity contribution in [3.8, 4) is 0 Å². The average molecular weight is 255 g/mol. The highest BCUT2D eigenvalue weighted by Gasteiger charge is 2.09. The van der Waals surface area contributed by atoms with E-state index in [2.05, 4.69) is 15.4 Å². The van der Waals surface area contributed by atoms with Crippen molar-refractivity contribution < 1.29 is 4.39 Å². The zero-order valence-electron chi connectivity index (χ0n) is 9.32. The summed E-state index contributed by atoms with van der Waals surface area (Å²) in [7, 11) is 1.74. The van der Waals surface area contributed by atoms with E-state index in [0.717, 1.165) is 13.1 Å². The lowest BCUT2D eigenvalue weighted by atomic mass is 10.2. The van der Waals surface area contributed by atoms with Crippen LogP contribution in [-0.4, -0.2) is 37.3 Å². The molecule has 0 unspecified atom stereocenters. The Balaban J connectivity index is 2.14. The summed E-state index contributed by atoms with van der Waals surface area (Å²) in [6.45, 7) is 1.53. The highest BCUT2D eigenvalue weighted by molar-refractivity contribution is 6.33. The second-order valence-electron chi connectivity index (χ2n) is 3.54. The van der Waals surface area contributed by atoms with Gasteiger partial charge in [-0.1, -0.05) is 17.7 Å². The summed E-state index contributed by atoms with van der Waals surface area (Å²) in [5.41, 5.74) is 0.277. The van der Waals surface area contributed by atoms with Crippen LogP contribution in [0.5, 0.6) is 0 Å². The maximum absolute atomic E-state index is 13.4.